The Hall–Kier alpha value is -0.210. The van der Waals surface area contributed by atoms with Gasteiger partial charge >= 0.3 is 0 Å². The summed E-state index contributed by atoms with van der Waals surface area (Å²) in [6.45, 7) is 4.28. The molecule has 0 aliphatic heterocycles. The molecule has 11 heavy (non-hydrogen) atoms. The summed E-state index contributed by atoms with van der Waals surface area (Å²) < 4.78 is 0. The first-order chi connectivity index (χ1) is 5.24. The predicted molar refractivity (Wildman–Crippen MR) is 56.7 cm³/mol. The first-order valence-corrected chi connectivity index (χ1v) is 5.03. The molecule has 1 rings (SSSR count). The maximum absolute atomic E-state index is 4.11. The highest BCUT2D eigenvalue weighted by Gasteiger charge is 1.96. The number of hydrogen-bond acceptors (Lipinski definition) is 2. The first-order valence-electron chi connectivity index (χ1n) is 3.58. The van der Waals surface area contributed by atoms with E-state index in [-0.39, 0.29) is 0 Å². The van der Waals surface area contributed by atoms with Crippen molar-refractivity contribution >= 4 is 30.0 Å². The Morgan fingerprint density at radius 2 is 2.27 bits per heavy atom. The summed E-state index contributed by atoms with van der Waals surface area (Å²) in [5, 5.41) is 0. The lowest BCUT2D eigenvalue weighted by atomic mass is 10.2. The van der Waals surface area contributed by atoms with Crippen LogP contribution in [-0.4, -0.2) is 5.75 Å². The van der Waals surface area contributed by atoms with Gasteiger partial charge in [-0.1, -0.05) is 12.2 Å². The maximum atomic E-state index is 4.11. The fourth-order valence-electron chi connectivity index (χ4n) is 0.996. The third-order valence-electron chi connectivity index (χ3n) is 1.48. The molecule has 0 nitrogen and oxygen atoms in total. The molecular formula is C9H12S2. The van der Waals surface area contributed by atoms with E-state index in [0.717, 1.165) is 5.75 Å². The van der Waals surface area contributed by atoms with Gasteiger partial charge in [0.25, 0.3) is 0 Å². The van der Waals surface area contributed by atoms with E-state index in [0.29, 0.717) is 0 Å². The van der Waals surface area contributed by atoms with Crippen LogP contribution in [-0.2, 0) is 0 Å². The summed E-state index contributed by atoms with van der Waals surface area (Å²) >= 11 is 5.95. The fraction of sp³-hybridized carbons (Fsp3) is 0.333. The van der Waals surface area contributed by atoms with Gasteiger partial charge < -0.3 is 0 Å². The van der Waals surface area contributed by atoms with Gasteiger partial charge in [0.1, 0.15) is 0 Å². The molecule has 0 fully saturated rings. The van der Waals surface area contributed by atoms with Gasteiger partial charge in [-0.15, -0.1) is 11.3 Å². The van der Waals surface area contributed by atoms with Crippen LogP contribution >= 0.6 is 24.0 Å². The topological polar surface area (TPSA) is 0 Å². The molecule has 0 unspecified atom stereocenters. The quantitative estimate of drug-likeness (QED) is 0.670. The molecule has 0 amide bonds. The van der Waals surface area contributed by atoms with Crippen LogP contribution in [0.2, 0.25) is 0 Å². The Morgan fingerprint density at radius 3 is 2.73 bits per heavy atom. The van der Waals surface area contributed by atoms with E-state index in [4.69, 9.17) is 0 Å². The summed E-state index contributed by atoms with van der Waals surface area (Å²) in [5.41, 5.74) is 1.33. The second kappa shape index (κ2) is 3.98. The molecule has 0 spiro atoms. The molecule has 1 aromatic rings. The second-order valence-corrected chi connectivity index (χ2v) is 4.28. The average Bonchev–Trinajstić information content (AvgIpc) is 2.26. The zero-order valence-electron chi connectivity index (χ0n) is 6.79. The first kappa shape index (κ1) is 8.88. The lowest BCUT2D eigenvalue weighted by Gasteiger charge is -1.86. The van der Waals surface area contributed by atoms with E-state index in [1.54, 1.807) is 0 Å². The number of hydrogen-bond donors (Lipinski definition) is 1. The van der Waals surface area contributed by atoms with Crippen molar-refractivity contribution in [1.82, 2.24) is 0 Å². The molecule has 0 N–H and O–H groups in total. The molecule has 0 saturated heterocycles. The van der Waals surface area contributed by atoms with Gasteiger partial charge in [-0.05, 0) is 25.5 Å². The van der Waals surface area contributed by atoms with E-state index >= 15 is 0 Å². The molecular weight excluding hydrogens is 172 g/mol. The molecule has 0 aliphatic rings. The monoisotopic (exact) mass is 184 g/mol. The van der Waals surface area contributed by atoms with Crippen molar-refractivity contribution in [1.29, 1.82) is 0 Å². The smallest absolute Gasteiger partial charge is 0.00892 e. The summed E-state index contributed by atoms with van der Waals surface area (Å²) in [6, 6.07) is 2.21. The second-order valence-electron chi connectivity index (χ2n) is 2.45. The molecule has 0 bridgehead atoms. The van der Waals surface area contributed by atoms with Crippen molar-refractivity contribution in [2.75, 3.05) is 5.75 Å². The normalized spacial score (nSPS) is 11.2. The largest absolute Gasteiger partial charge is 0.175 e. The van der Waals surface area contributed by atoms with E-state index in [2.05, 4.69) is 44.7 Å². The van der Waals surface area contributed by atoms with Crippen molar-refractivity contribution in [3.05, 3.63) is 27.5 Å². The van der Waals surface area contributed by atoms with Crippen LogP contribution in [0.3, 0.4) is 0 Å². The van der Waals surface area contributed by atoms with Gasteiger partial charge in [-0.3, -0.25) is 0 Å². The zero-order valence-corrected chi connectivity index (χ0v) is 8.51. The lowest BCUT2D eigenvalue weighted by Crippen LogP contribution is -1.68. The minimum atomic E-state index is 0.814. The molecule has 0 saturated carbocycles. The average molecular weight is 184 g/mol. The molecule has 60 valence electrons. The third kappa shape index (κ3) is 2.38. The fourth-order valence-corrected chi connectivity index (χ4v) is 2.01. The molecule has 1 heterocycles. The van der Waals surface area contributed by atoms with Crippen LogP contribution < -0.4 is 0 Å². The van der Waals surface area contributed by atoms with E-state index in [1.807, 2.05) is 11.3 Å². The Labute approximate surface area is 77.4 Å². The SMILES string of the molecule is Cc1cc(C=CCS)c(C)s1. The number of thiol groups is 1. The molecule has 0 aliphatic carbocycles. The Bertz CT molecular complexity index is 259. The number of rotatable bonds is 2. The Kier molecular flexibility index (Phi) is 3.21. The molecule has 1 aromatic heterocycles. The summed E-state index contributed by atoms with van der Waals surface area (Å²) in [7, 11) is 0. The van der Waals surface area contributed by atoms with Crippen LogP contribution in [0.25, 0.3) is 6.08 Å². The Morgan fingerprint density at radius 1 is 1.55 bits per heavy atom. The lowest BCUT2D eigenvalue weighted by molar-refractivity contribution is 1.57. The van der Waals surface area contributed by atoms with Crippen molar-refractivity contribution < 1.29 is 0 Å². The van der Waals surface area contributed by atoms with Gasteiger partial charge in [0.2, 0.25) is 0 Å². The zero-order chi connectivity index (χ0) is 8.27. The summed E-state index contributed by atoms with van der Waals surface area (Å²) in [5.74, 6) is 0.814. The van der Waals surface area contributed by atoms with Crippen molar-refractivity contribution in [3.63, 3.8) is 0 Å². The Balaban J connectivity index is 2.85. The van der Waals surface area contributed by atoms with Crippen LogP contribution in [0, 0.1) is 13.8 Å². The van der Waals surface area contributed by atoms with Gasteiger partial charge in [-0.25, -0.2) is 0 Å². The van der Waals surface area contributed by atoms with Crippen molar-refractivity contribution in [2.24, 2.45) is 0 Å². The standard InChI is InChI=1S/C9H12S2/c1-7-6-9(4-3-5-10)8(2)11-7/h3-4,6,10H,5H2,1-2H3. The summed E-state index contributed by atoms with van der Waals surface area (Å²) in [4.78, 5) is 2.77. The van der Waals surface area contributed by atoms with E-state index in [1.165, 1.54) is 15.3 Å². The van der Waals surface area contributed by atoms with Crippen molar-refractivity contribution in [2.45, 2.75) is 13.8 Å². The molecule has 0 aromatic carbocycles. The number of aryl methyl sites for hydroxylation is 2. The predicted octanol–water partition coefficient (Wildman–Crippen LogP) is 3.31. The maximum Gasteiger partial charge on any atom is 0.00892 e. The molecule has 2 heteroatoms. The van der Waals surface area contributed by atoms with E-state index in [9.17, 15) is 0 Å². The molecule has 0 radical (unpaired) electrons. The van der Waals surface area contributed by atoms with Crippen molar-refractivity contribution in [3.8, 4) is 0 Å². The number of thiophene rings is 1. The van der Waals surface area contributed by atoms with Gasteiger partial charge in [0.05, 0.1) is 0 Å². The van der Waals surface area contributed by atoms with Gasteiger partial charge in [-0.2, -0.15) is 12.6 Å². The van der Waals surface area contributed by atoms with Crippen LogP contribution in [0.5, 0.6) is 0 Å². The third-order valence-corrected chi connectivity index (χ3v) is 2.67. The van der Waals surface area contributed by atoms with Crippen LogP contribution in [0.1, 0.15) is 15.3 Å². The summed E-state index contributed by atoms with van der Waals surface area (Å²) in [6.07, 6.45) is 4.20. The highest BCUT2D eigenvalue weighted by molar-refractivity contribution is 7.80. The minimum Gasteiger partial charge on any atom is -0.175 e. The highest BCUT2D eigenvalue weighted by atomic mass is 32.1. The highest BCUT2D eigenvalue weighted by Crippen LogP contribution is 2.21. The van der Waals surface area contributed by atoms with Gasteiger partial charge in [0, 0.05) is 15.5 Å². The van der Waals surface area contributed by atoms with Crippen LogP contribution in [0.15, 0.2) is 12.1 Å². The van der Waals surface area contributed by atoms with Crippen LogP contribution in [0.4, 0.5) is 0 Å². The van der Waals surface area contributed by atoms with Gasteiger partial charge in [0.15, 0.2) is 0 Å². The minimum absolute atomic E-state index is 0.814. The van der Waals surface area contributed by atoms with E-state index < -0.39 is 0 Å². The molecule has 0 atom stereocenters.